The second kappa shape index (κ2) is 6.72. The van der Waals surface area contributed by atoms with Crippen LogP contribution in [0.25, 0.3) is 0 Å². The van der Waals surface area contributed by atoms with E-state index in [4.69, 9.17) is 9.84 Å². The quantitative estimate of drug-likeness (QED) is 0.659. The first-order chi connectivity index (χ1) is 10.5. The van der Waals surface area contributed by atoms with Gasteiger partial charge in [0.25, 0.3) is 0 Å². The molecule has 1 fully saturated rings. The number of hydrogen-bond donors (Lipinski definition) is 3. The summed E-state index contributed by atoms with van der Waals surface area (Å²) in [7, 11) is 0. The van der Waals surface area contributed by atoms with Crippen LogP contribution in [-0.2, 0) is 4.79 Å². The molecule has 0 spiro atoms. The normalized spacial score (nSPS) is 31.2. The average Bonchev–Trinajstić information content (AvgIpc) is 2.50. The third-order valence-corrected chi connectivity index (χ3v) is 5.24. The fourth-order valence-electron chi connectivity index (χ4n) is 3.37. The van der Waals surface area contributed by atoms with Crippen LogP contribution >= 0.6 is 22.6 Å². The number of nitrogens with one attached hydrogen (secondary N) is 1. The van der Waals surface area contributed by atoms with Crippen LogP contribution in [0.5, 0.6) is 5.75 Å². The van der Waals surface area contributed by atoms with E-state index in [0.29, 0.717) is 13.0 Å². The van der Waals surface area contributed by atoms with Gasteiger partial charge in [0.15, 0.2) is 0 Å². The first-order valence-corrected chi connectivity index (χ1v) is 8.71. The summed E-state index contributed by atoms with van der Waals surface area (Å²) in [4.78, 5) is 11.1. The van der Waals surface area contributed by atoms with E-state index in [1.807, 2.05) is 18.2 Å². The van der Waals surface area contributed by atoms with Crippen molar-refractivity contribution in [3.63, 3.8) is 0 Å². The zero-order chi connectivity index (χ0) is 15.7. The van der Waals surface area contributed by atoms with Gasteiger partial charge in [0.1, 0.15) is 18.5 Å². The molecule has 5 nitrogen and oxygen atoms in total. The van der Waals surface area contributed by atoms with Crippen LogP contribution in [0.2, 0.25) is 0 Å². The van der Waals surface area contributed by atoms with Crippen molar-refractivity contribution in [1.29, 1.82) is 0 Å². The van der Waals surface area contributed by atoms with Crippen molar-refractivity contribution in [2.75, 3.05) is 6.61 Å². The molecule has 1 saturated carbocycles. The SMILES string of the molecule is O=C(O)C1CCC[C@H](N[C@H]2COc3cc(I)ccc3[C@H]2O)C1. The summed E-state index contributed by atoms with van der Waals surface area (Å²) in [6.07, 6.45) is 2.61. The van der Waals surface area contributed by atoms with E-state index in [9.17, 15) is 9.90 Å². The number of aliphatic hydroxyl groups is 1. The van der Waals surface area contributed by atoms with Crippen molar-refractivity contribution in [2.45, 2.75) is 43.9 Å². The average molecular weight is 417 g/mol. The highest BCUT2D eigenvalue weighted by atomic mass is 127. The lowest BCUT2D eigenvalue weighted by Crippen LogP contribution is -2.49. The zero-order valence-corrected chi connectivity index (χ0v) is 14.3. The largest absolute Gasteiger partial charge is 0.491 e. The number of rotatable bonds is 3. The monoisotopic (exact) mass is 417 g/mol. The Kier molecular flexibility index (Phi) is 4.89. The Morgan fingerprint density at radius 3 is 2.95 bits per heavy atom. The van der Waals surface area contributed by atoms with E-state index in [1.54, 1.807) is 0 Å². The minimum atomic E-state index is -0.716. The molecule has 3 N–H and O–H groups in total. The van der Waals surface area contributed by atoms with Crippen molar-refractivity contribution < 1.29 is 19.7 Å². The highest BCUT2D eigenvalue weighted by molar-refractivity contribution is 14.1. The molecule has 1 heterocycles. The molecule has 1 aromatic rings. The maximum Gasteiger partial charge on any atom is 0.306 e. The van der Waals surface area contributed by atoms with Crippen LogP contribution in [-0.4, -0.2) is 34.9 Å². The standard InChI is InChI=1S/C16H20INO4/c17-10-4-5-12-14(7-10)22-8-13(15(12)19)18-11-3-1-2-9(6-11)16(20)21/h4-5,7,9,11,13,15,18-19H,1-3,6,8H2,(H,20,21)/t9?,11-,13-,15+/m0/s1. The van der Waals surface area contributed by atoms with Crippen molar-refractivity contribution in [2.24, 2.45) is 5.92 Å². The highest BCUT2D eigenvalue weighted by Gasteiger charge is 2.33. The predicted molar refractivity (Wildman–Crippen MR) is 89.9 cm³/mol. The molecular weight excluding hydrogens is 397 g/mol. The van der Waals surface area contributed by atoms with Gasteiger partial charge < -0.3 is 20.3 Å². The van der Waals surface area contributed by atoms with Gasteiger partial charge in [0, 0.05) is 15.2 Å². The fraction of sp³-hybridized carbons (Fsp3) is 0.562. The van der Waals surface area contributed by atoms with Gasteiger partial charge in [-0.25, -0.2) is 0 Å². The lowest BCUT2D eigenvalue weighted by molar-refractivity contribution is -0.143. The van der Waals surface area contributed by atoms with E-state index in [1.165, 1.54) is 0 Å². The summed E-state index contributed by atoms with van der Waals surface area (Å²) in [6.45, 7) is 0.405. The van der Waals surface area contributed by atoms with Crippen LogP contribution < -0.4 is 10.1 Å². The van der Waals surface area contributed by atoms with Gasteiger partial charge in [0.05, 0.1) is 12.0 Å². The number of carboxylic acids is 1. The van der Waals surface area contributed by atoms with Gasteiger partial charge in [0.2, 0.25) is 0 Å². The summed E-state index contributed by atoms with van der Waals surface area (Å²) < 4.78 is 6.84. The van der Waals surface area contributed by atoms with Gasteiger partial charge in [-0.15, -0.1) is 0 Å². The van der Waals surface area contributed by atoms with E-state index >= 15 is 0 Å². The Morgan fingerprint density at radius 1 is 1.36 bits per heavy atom. The van der Waals surface area contributed by atoms with Crippen LogP contribution in [0.4, 0.5) is 0 Å². The fourth-order valence-corrected chi connectivity index (χ4v) is 3.84. The number of fused-ring (bicyclic) bond motifs is 1. The van der Waals surface area contributed by atoms with E-state index in [0.717, 1.165) is 34.1 Å². The topological polar surface area (TPSA) is 78.8 Å². The molecule has 1 aliphatic carbocycles. The van der Waals surface area contributed by atoms with Crippen molar-refractivity contribution in [3.8, 4) is 5.75 Å². The third kappa shape index (κ3) is 3.38. The molecule has 0 amide bonds. The molecule has 1 aliphatic heterocycles. The van der Waals surface area contributed by atoms with Gasteiger partial charge in [-0.05, 0) is 54.0 Å². The van der Waals surface area contributed by atoms with E-state index < -0.39 is 12.1 Å². The van der Waals surface area contributed by atoms with Crippen LogP contribution in [0, 0.1) is 9.49 Å². The number of carbonyl (C=O) groups is 1. The molecular formula is C16H20INO4. The molecule has 0 bridgehead atoms. The molecule has 0 radical (unpaired) electrons. The predicted octanol–water partition coefficient (Wildman–Crippen LogP) is 2.32. The van der Waals surface area contributed by atoms with Gasteiger partial charge in [-0.3, -0.25) is 4.79 Å². The first kappa shape index (κ1) is 16.0. The lowest BCUT2D eigenvalue weighted by Gasteiger charge is -2.36. The summed E-state index contributed by atoms with van der Waals surface area (Å²) in [6, 6.07) is 5.72. The Labute approximate surface area is 143 Å². The number of hydrogen-bond acceptors (Lipinski definition) is 4. The highest BCUT2D eigenvalue weighted by Crippen LogP contribution is 2.34. The maximum atomic E-state index is 11.1. The second-order valence-electron chi connectivity index (χ2n) is 6.11. The van der Waals surface area contributed by atoms with Crippen molar-refractivity contribution in [1.82, 2.24) is 5.32 Å². The van der Waals surface area contributed by atoms with Crippen molar-refractivity contribution >= 4 is 28.6 Å². The molecule has 2 aliphatic rings. The number of carboxylic acid groups (broad SMARTS) is 1. The maximum absolute atomic E-state index is 11.1. The smallest absolute Gasteiger partial charge is 0.306 e. The third-order valence-electron chi connectivity index (χ3n) is 4.57. The lowest BCUT2D eigenvalue weighted by atomic mass is 9.85. The van der Waals surface area contributed by atoms with Crippen molar-refractivity contribution in [3.05, 3.63) is 27.3 Å². The second-order valence-corrected chi connectivity index (χ2v) is 7.36. The molecule has 0 saturated heterocycles. The van der Waals surface area contributed by atoms with E-state index in [2.05, 4.69) is 27.9 Å². The minimum absolute atomic E-state index is 0.128. The Bertz CT molecular complexity index is 565. The van der Waals surface area contributed by atoms with Gasteiger partial charge >= 0.3 is 5.97 Å². The molecule has 0 aromatic heterocycles. The number of aliphatic carboxylic acids is 1. The molecule has 4 atom stereocenters. The number of aliphatic hydroxyl groups excluding tert-OH is 1. The Balaban J connectivity index is 1.66. The zero-order valence-electron chi connectivity index (χ0n) is 12.2. The van der Waals surface area contributed by atoms with Crippen LogP contribution in [0.3, 0.4) is 0 Å². The molecule has 22 heavy (non-hydrogen) atoms. The summed E-state index contributed by atoms with van der Waals surface area (Å²) >= 11 is 2.22. The minimum Gasteiger partial charge on any atom is -0.491 e. The van der Waals surface area contributed by atoms with Gasteiger partial charge in [-0.2, -0.15) is 0 Å². The Morgan fingerprint density at radius 2 is 2.18 bits per heavy atom. The number of benzene rings is 1. The van der Waals surface area contributed by atoms with Crippen LogP contribution in [0.15, 0.2) is 18.2 Å². The van der Waals surface area contributed by atoms with Gasteiger partial charge in [-0.1, -0.05) is 12.5 Å². The summed E-state index contributed by atoms with van der Waals surface area (Å²) in [5, 5.41) is 23.1. The number of ether oxygens (including phenoxy) is 1. The summed E-state index contributed by atoms with van der Waals surface area (Å²) in [5.74, 6) is -0.252. The molecule has 3 rings (SSSR count). The first-order valence-electron chi connectivity index (χ1n) is 7.64. The molecule has 1 aromatic carbocycles. The summed E-state index contributed by atoms with van der Waals surface area (Å²) in [5.41, 5.74) is 0.801. The molecule has 120 valence electrons. The Hall–Kier alpha value is -0.860. The van der Waals surface area contributed by atoms with E-state index in [-0.39, 0.29) is 18.0 Å². The van der Waals surface area contributed by atoms with Crippen LogP contribution in [0.1, 0.15) is 37.4 Å². The number of halogens is 1. The molecule has 1 unspecified atom stereocenters. The molecule has 6 heteroatoms.